The SMILES string of the molecule is C=C1NON=C1N. The molecular weight excluding hydrogens is 94.1 g/mol. The number of nitrogens with one attached hydrogen (secondary N) is 1. The van der Waals surface area contributed by atoms with Gasteiger partial charge in [-0.1, -0.05) is 6.58 Å². The van der Waals surface area contributed by atoms with E-state index >= 15 is 0 Å². The zero-order valence-electron chi connectivity index (χ0n) is 3.64. The van der Waals surface area contributed by atoms with Gasteiger partial charge in [-0.2, -0.15) is 5.48 Å². The quantitative estimate of drug-likeness (QED) is 0.422. The van der Waals surface area contributed by atoms with E-state index in [1.165, 1.54) is 0 Å². The Balaban J connectivity index is 2.72. The number of hydrogen-bond donors (Lipinski definition) is 2. The predicted octanol–water partition coefficient (Wildman–Crippen LogP) is -0.693. The van der Waals surface area contributed by atoms with Gasteiger partial charge in [-0.25, -0.2) is 0 Å². The van der Waals surface area contributed by atoms with Crippen molar-refractivity contribution in [2.45, 2.75) is 0 Å². The molecule has 0 aromatic carbocycles. The maximum absolute atomic E-state index is 5.14. The normalized spacial score (nSPS) is 17.7. The Kier molecular flexibility index (Phi) is 0.651. The predicted molar refractivity (Wildman–Crippen MR) is 25.0 cm³/mol. The molecule has 0 spiro atoms. The number of rotatable bonds is 0. The Morgan fingerprint density at radius 1 is 1.86 bits per heavy atom. The molecule has 4 heteroatoms. The lowest BCUT2D eigenvalue weighted by atomic mass is 10.5. The zero-order valence-corrected chi connectivity index (χ0v) is 3.64. The van der Waals surface area contributed by atoms with Gasteiger partial charge >= 0.3 is 0 Å². The number of hydroxylamine groups is 1. The fourth-order valence-electron chi connectivity index (χ4n) is 0.234. The monoisotopic (exact) mass is 99.0 g/mol. The minimum Gasteiger partial charge on any atom is -0.379 e. The maximum Gasteiger partial charge on any atom is 0.192 e. The van der Waals surface area contributed by atoms with E-state index in [2.05, 4.69) is 22.2 Å². The van der Waals surface area contributed by atoms with Gasteiger partial charge < -0.3 is 5.73 Å². The number of amidine groups is 1. The molecule has 0 saturated carbocycles. The standard InChI is InChI=1S/C3H5N3O/c1-2-3(4)6-7-5-2/h5H,1H2,(H2,4,6). The molecule has 0 aromatic rings. The van der Waals surface area contributed by atoms with Crippen LogP contribution in [-0.2, 0) is 4.94 Å². The van der Waals surface area contributed by atoms with E-state index in [1.54, 1.807) is 0 Å². The van der Waals surface area contributed by atoms with Crippen molar-refractivity contribution in [2.24, 2.45) is 10.9 Å². The molecule has 1 heterocycles. The molecule has 4 nitrogen and oxygen atoms in total. The van der Waals surface area contributed by atoms with Gasteiger partial charge in [0.2, 0.25) is 0 Å². The van der Waals surface area contributed by atoms with Crippen LogP contribution in [0.25, 0.3) is 0 Å². The average molecular weight is 99.1 g/mol. The first-order valence-electron chi connectivity index (χ1n) is 1.75. The molecule has 0 unspecified atom stereocenters. The Labute approximate surface area is 40.6 Å². The van der Waals surface area contributed by atoms with Crippen molar-refractivity contribution in [3.8, 4) is 0 Å². The van der Waals surface area contributed by atoms with Crippen LogP contribution in [0.15, 0.2) is 17.4 Å². The highest BCUT2D eigenvalue weighted by atomic mass is 16.8. The summed E-state index contributed by atoms with van der Waals surface area (Å²) in [6.07, 6.45) is 0. The van der Waals surface area contributed by atoms with Gasteiger partial charge in [-0.15, -0.1) is 0 Å². The highest BCUT2D eigenvalue weighted by molar-refractivity contribution is 5.95. The van der Waals surface area contributed by atoms with Crippen molar-refractivity contribution in [1.82, 2.24) is 5.48 Å². The van der Waals surface area contributed by atoms with Gasteiger partial charge in [0.25, 0.3) is 0 Å². The molecule has 3 N–H and O–H groups in total. The molecular formula is C3H5N3O. The molecule has 38 valence electrons. The summed E-state index contributed by atoms with van der Waals surface area (Å²) in [5.41, 5.74) is 8.00. The first-order chi connectivity index (χ1) is 3.30. The summed E-state index contributed by atoms with van der Waals surface area (Å²) in [6.45, 7) is 3.44. The number of oxime groups is 1. The molecule has 0 radical (unpaired) electrons. The second kappa shape index (κ2) is 1.14. The van der Waals surface area contributed by atoms with Gasteiger partial charge in [-0.3, -0.25) is 4.94 Å². The molecule has 1 rings (SSSR count). The molecule has 0 bridgehead atoms. The highest BCUT2D eigenvalue weighted by Gasteiger charge is 2.05. The second-order valence-corrected chi connectivity index (χ2v) is 1.15. The van der Waals surface area contributed by atoms with E-state index in [0.717, 1.165) is 0 Å². The van der Waals surface area contributed by atoms with E-state index in [-0.39, 0.29) is 0 Å². The van der Waals surface area contributed by atoms with Crippen LogP contribution in [0.1, 0.15) is 0 Å². The van der Waals surface area contributed by atoms with Crippen LogP contribution in [0, 0.1) is 0 Å². The summed E-state index contributed by atoms with van der Waals surface area (Å²) in [4.78, 5) is 4.28. The Morgan fingerprint density at radius 3 is 2.71 bits per heavy atom. The molecule has 0 aliphatic carbocycles. The van der Waals surface area contributed by atoms with E-state index in [0.29, 0.717) is 11.5 Å². The van der Waals surface area contributed by atoms with E-state index < -0.39 is 0 Å². The molecule has 1 aliphatic heterocycles. The van der Waals surface area contributed by atoms with Crippen molar-refractivity contribution in [3.63, 3.8) is 0 Å². The van der Waals surface area contributed by atoms with Gasteiger partial charge in [0.05, 0.1) is 0 Å². The summed E-state index contributed by atoms with van der Waals surface area (Å²) in [7, 11) is 0. The third-order valence-electron chi connectivity index (χ3n) is 0.622. The van der Waals surface area contributed by atoms with Crippen molar-refractivity contribution < 1.29 is 4.94 Å². The Morgan fingerprint density at radius 2 is 2.57 bits per heavy atom. The maximum atomic E-state index is 5.14. The third-order valence-corrected chi connectivity index (χ3v) is 0.622. The first kappa shape index (κ1) is 3.98. The van der Waals surface area contributed by atoms with Crippen LogP contribution in [0.2, 0.25) is 0 Å². The van der Waals surface area contributed by atoms with Gasteiger partial charge in [-0.05, 0) is 5.16 Å². The van der Waals surface area contributed by atoms with Crippen LogP contribution in [-0.4, -0.2) is 5.84 Å². The average Bonchev–Trinajstić information content (AvgIpc) is 1.91. The van der Waals surface area contributed by atoms with Crippen molar-refractivity contribution in [3.05, 3.63) is 12.3 Å². The number of nitrogens with two attached hydrogens (primary N) is 1. The van der Waals surface area contributed by atoms with E-state index in [1.807, 2.05) is 0 Å². The van der Waals surface area contributed by atoms with Crippen LogP contribution in [0.5, 0.6) is 0 Å². The van der Waals surface area contributed by atoms with Crippen molar-refractivity contribution >= 4 is 5.84 Å². The molecule has 0 saturated heterocycles. The van der Waals surface area contributed by atoms with Crippen LogP contribution < -0.4 is 11.2 Å². The van der Waals surface area contributed by atoms with Crippen LogP contribution >= 0.6 is 0 Å². The summed E-state index contributed by atoms with van der Waals surface area (Å²) in [5.74, 6) is 0.306. The first-order valence-corrected chi connectivity index (χ1v) is 1.75. The fourth-order valence-corrected chi connectivity index (χ4v) is 0.234. The molecule has 7 heavy (non-hydrogen) atoms. The minimum absolute atomic E-state index is 0.306. The van der Waals surface area contributed by atoms with Crippen molar-refractivity contribution in [2.75, 3.05) is 0 Å². The van der Waals surface area contributed by atoms with E-state index in [4.69, 9.17) is 5.73 Å². The summed E-state index contributed by atoms with van der Waals surface area (Å²) >= 11 is 0. The van der Waals surface area contributed by atoms with Crippen molar-refractivity contribution in [1.29, 1.82) is 0 Å². The topological polar surface area (TPSA) is 59.6 Å². The third kappa shape index (κ3) is 0.489. The summed E-state index contributed by atoms with van der Waals surface area (Å²) in [6, 6.07) is 0. The van der Waals surface area contributed by atoms with Gasteiger partial charge in [0.1, 0.15) is 5.70 Å². The van der Waals surface area contributed by atoms with Gasteiger partial charge in [0.15, 0.2) is 5.84 Å². The molecule has 0 fully saturated rings. The lowest BCUT2D eigenvalue weighted by molar-refractivity contribution is 0.0907. The van der Waals surface area contributed by atoms with Crippen LogP contribution in [0.4, 0.5) is 0 Å². The Hall–Kier alpha value is -1.19. The fraction of sp³-hybridized carbons (Fsp3) is 0. The lowest BCUT2D eigenvalue weighted by Crippen LogP contribution is -2.15. The minimum atomic E-state index is 0.306. The molecule has 1 aliphatic rings. The van der Waals surface area contributed by atoms with E-state index in [9.17, 15) is 0 Å². The van der Waals surface area contributed by atoms with Crippen LogP contribution in [0.3, 0.4) is 0 Å². The second-order valence-electron chi connectivity index (χ2n) is 1.15. The largest absolute Gasteiger partial charge is 0.379 e. The number of nitrogens with zero attached hydrogens (tertiary/aromatic N) is 1. The lowest BCUT2D eigenvalue weighted by Gasteiger charge is -1.86. The molecule has 0 atom stereocenters. The summed E-state index contributed by atoms with van der Waals surface area (Å²) < 4.78 is 0. The highest BCUT2D eigenvalue weighted by Crippen LogP contribution is 1.92. The zero-order chi connectivity index (χ0) is 5.28. The van der Waals surface area contributed by atoms with Gasteiger partial charge in [0, 0.05) is 0 Å². The summed E-state index contributed by atoms with van der Waals surface area (Å²) in [5, 5.41) is 3.30. The molecule has 0 aromatic heterocycles. The molecule has 0 amide bonds. The number of hydrogen-bond acceptors (Lipinski definition) is 4. The Bertz CT molecular complexity index is 128. The smallest absolute Gasteiger partial charge is 0.192 e.